The Bertz CT molecular complexity index is 305. The molecular weight excluding hydrogens is 224 g/mol. The van der Waals surface area contributed by atoms with E-state index in [4.69, 9.17) is 4.74 Å². The number of phenols is 1. The molecule has 0 aliphatic rings. The highest BCUT2D eigenvalue weighted by atomic mass is 16.5. The van der Waals surface area contributed by atoms with Gasteiger partial charge in [0, 0.05) is 0 Å². The highest BCUT2D eigenvalue weighted by Crippen LogP contribution is 2.13. The van der Waals surface area contributed by atoms with E-state index in [1.165, 1.54) is 32.1 Å². The number of rotatable bonds is 9. The molecular formula is C16H26O2. The SMILES string of the molecule is CCCCCCC[C@H](C)OCc1ccc(O)cc1. The summed E-state index contributed by atoms with van der Waals surface area (Å²) in [7, 11) is 0. The molecule has 0 unspecified atom stereocenters. The summed E-state index contributed by atoms with van der Waals surface area (Å²) in [6.45, 7) is 5.01. The summed E-state index contributed by atoms with van der Waals surface area (Å²) in [6, 6.07) is 7.22. The molecule has 0 heterocycles. The summed E-state index contributed by atoms with van der Waals surface area (Å²) in [5.74, 6) is 0.308. The predicted molar refractivity (Wildman–Crippen MR) is 75.7 cm³/mol. The van der Waals surface area contributed by atoms with Crippen LogP contribution in [0.1, 0.15) is 57.9 Å². The molecule has 102 valence electrons. The van der Waals surface area contributed by atoms with E-state index in [2.05, 4.69) is 13.8 Å². The number of unbranched alkanes of at least 4 members (excludes halogenated alkanes) is 4. The summed E-state index contributed by atoms with van der Waals surface area (Å²) >= 11 is 0. The molecule has 0 radical (unpaired) electrons. The molecule has 2 nitrogen and oxygen atoms in total. The van der Waals surface area contributed by atoms with Crippen molar-refractivity contribution in [1.82, 2.24) is 0 Å². The summed E-state index contributed by atoms with van der Waals surface area (Å²) in [5.41, 5.74) is 1.12. The normalized spacial score (nSPS) is 12.6. The minimum Gasteiger partial charge on any atom is -0.508 e. The molecule has 0 spiro atoms. The zero-order chi connectivity index (χ0) is 13.2. The Morgan fingerprint density at radius 3 is 2.39 bits per heavy atom. The van der Waals surface area contributed by atoms with Crippen LogP contribution in [0.3, 0.4) is 0 Å². The van der Waals surface area contributed by atoms with Crippen LogP contribution >= 0.6 is 0 Å². The van der Waals surface area contributed by atoms with Crippen LogP contribution in [0.4, 0.5) is 0 Å². The first-order valence-electron chi connectivity index (χ1n) is 7.12. The molecule has 1 atom stereocenters. The van der Waals surface area contributed by atoms with Crippen molar-refractivity contribution >= 4 is 0 Å². The van der Waals surface area contributed by atoms with E-state index in [1.807, 2.05) is 12.1 Å². The molecule has 18 heavy (non-hydrogen) atoms. The molecule has 0 aromatic heterocycles. The number of benzene rings is 1. The Kier molecular flexibility index (Phi) is 7.51. The zero-order valence-electron chi connectivity index (χ0n) is 11.7. The molecule has 2 heteroatoms. The van der Waals surface area contributed by atoms with Gasteiger partial charge in [0.1, 0.15) is 5.75 Å². The highest BCUT2D eigenvalue weighted by Gasteiger charge is 2.02. The van der Waals surface area contributed by atoms with Crippen LogP contribution in [0, 0.1) is 0 Å². The lowest BCUT2D eigenvalue weighted by Crippen LogP contribution is -2.07. The molecule has 0 saturated heterocycles. The fraction of sp³-hybridized carbons (Fsp3) is 0.625. The lowest BCUT2D eigenvalue weighted by molar-refractivity contribution is 0.0458. The van der Waals surface area contributed by atoms with Gasteiger partial charge < -0.3 is 9.84 Å². The van der Waals surface area contributed by atoms with Crippen molar-refractivity contribution in [3.63, 3.8) is 0 Å². The monoisotopic (exact) mass is 250 g/mol. The second-order valence-electron chi connectivity index (χ2n) is 4.99. The summed E-state index contributed by atoms with van der Waals surface area (Å²) < 4.78 is 5.79. The van der Waals surface area contributed by atoms with E-state index in [0.717, 1.165) is 12.0 Å². The second-order valence-corrected chi connectivity index (χ2v) is 4.99. The first-order chi connectivity index (χ1) is 8.72. The van der Waals surface area contributed by atoms with Gasteiger partial charge in [-0.25, -0.2) is 0 Å². The smallest absolute Gasteiger partial charge is 0.115 e. The van der Waals surface area contributed by atoms with Crippen LogP contribution in [0.15, 0.2) is 24.3 Å². The second kappa shape index (κ2) is 8.98. The van der Waals surface area contributed by atoms with Gasteiger partial charge in [-0.05, 0) is 31.0 Å². The quantitative estimate of drug-likeness (QED) is 0.646. The average Bonchev–Trinajstić information content (AvgIpc) is 2.38. The van der Waals surface area contributed by atoms with Gasteiger partial charge in [0.15, 0.2) is 0 Å². The zero-order valence-corrected chi connectivity index (χ0v) is 11.7. The fourth-order valence-corrected chi connectivity index (χ4v) is 1.95. The molecule has 0 saturated carbocycles. The first-order valence-corrected chi connectivity index (χ1v) is 7.12. The van der Waals surface area contributed by atoms with Gasteiger partial charge in [-0.3, -0.25) is 0 Å². The highest BCUT2D eigenvalue weighted by molar-refractivity contribution is 5.25. The molecule has 0 amide bonds. The van der Waals surface area contributed by atoms with Crippen LogP contribution < -0.4 is 0 Å². The number of phenolic OH excluding ortho intramolecular Hbond substituents is 1. The van der Waals surface area contributed by atoms with Gasteiger partial charge in [0.2, 0.25) is 0 Å². The van der Waals surface area contributed by atoms with Gasteiger partial charge in [-0.15, -0.1) is 0 Å². The van der Waals surface area contributed by atoms with Crippen molar-refractivity contribution in [2.75, 3.05) is 0 Å². The van der Waals surface area contributed by atoms with Crippen LogP contribution in [0.25, 0.3) is 0 Å². The van der Waals surface area contributed by atoms with Gasteiger partial charge in [0.25, 0.3) is 0 Å². The Morgan fingerprint density at radius 1 is 1.06 bits per heavy atom. The predicted octanol–water partition coefficient (Wildman–Crippen LogP) is 4.66. The van der Waals surface area contributed by atoms with E-state index in [0.29, 0.717) is 18.5 Å². The largest absolute Gasteiger partial charge is 0.508 e. The topological polar surface area (TPSA) is 29.5 Å². The van der Waals surface area contributed by atoms with Crippen molar-refractivity contribution in [1.29, 1.82) is 0 Å². The molecule has 1 aromatic carbocycles. The lowest BCUT2D eigenvalue weighted by atomic mass is 10.1. The maximum Gasteiger partial charge on any atom is 0.115 e. The number of aromatic hydroxyl groups is 1. The summed E-state index contributed by atoms with van der Waals surface area (Å²) in [5, 5.41) is 9.18. The number of ether oxygens (including phenoxy) is 1. The van der Waals surface area contributed by atoms with E-state index in [9.17, 15) is 5.11 Å². The fourth-order valence-electron chi connectivity index (χ4n) is 1.95. The third-order valence-electron chi connectivity index (χ3n) is 3.19. The molecule has 0 aliphatic carbocycles. The van der Waals surface area contributed by atoms with Gasteiger partial charge in [-0.2, -0.15) is 0 Å². The molecule has 0 aliphatic heterocycles. The van der Waals surface area contributed by atoms with Crippen LogP contribution in [0.5, 0.6) is 5.75 Å². The van der Waals surface area contributed by atoms with Crippen molar-refractivity contribution < 1.29 is 9.84 Å². The Hall–Kier alpha value is -1.02. The Balaban J connectivity index is 2.09. The van der Waals surface area contributed by atoms with E-state index in [-0.39, 0.29) is 0 Å². The third-order valence-corrected chi connectivity index (χ3v) is 3.19. The standard InChI is InChI=1S/C16H26O2/c1-3-4-5-6-7-8-14(2)18-13-15-9-11-16(17)12-10-15/h9-12,14,17H,3-8,13H2,1-2H3/t14-/m0/s1. The lowest BCUT2D eigenvalue weighted by Gasteiger charge is -2.13. The average molecular weight is 250 g/mol. The summed E-state index contributed by atoms with van der Waals surface area (Å²) in [4.78, 5) is 0. The van der Waals surface area contributed by atoms with Gasteiger partial charge in [-0.1, -0.05) is 51.2 Å². The van der Waals surface area contributed by atoms with Crippen LogP contribution in [-0.4, -0.2) is 11.2 Å². The molecule has 1 rings (SSSR count). The van der Waals surface area contributed by atoms with Crippen LogP contribution in [-0.2, 0) is 11.3 Å². The third kappa shape index (κ3) is 6.65. The Morgan fingerprint density at radius 2 is 1.72 bits per heavy atom. The molecule has 0 fully saturated rings. The minimum absolute atomic E-state index is 0.308. The number of hydrogen-bond acceptors (Lipinski definition) is 2. The first kappa shape index (κ1) is 15.0. The van der Waals surface area contributed by atoms with Gasteiger partial charge >= 0.3 is 0 Å². The molecule has 1 aromatic rings. The maximum absolute atomic E-state index is 9.18. The minimum atomic E-state index is 0.308. The van der Waals surface area contributed by atoms with E-state index in [1.54, 1.807) is 12.1 Å². The van der Waals surface area contributed by atoms with Gasteiger partial charge in [0.05, 0.1) is 12.7 Å². The molecule has 0 bridgehead atoms. The van der Waals surface area contributed by atoms with Crippen molar-refractivity contribution in [2.45, 2.75) is 65.1 Å². The van der Waals surface area contributed by atoms with Crippen LogP contribution in [0.2, 0.25) is 0 Å². The van der Waals surface area contributed by atoms with Crippen molar-refractivity contribution in [3.05, 3.63) is 29.8 Å². The van der Waals surface area contributed by atoms with Crippen molar-refractivity contribution in [3.8, 4) is 5.75 Å². The Labute approximate surface area is 111 Å². The number of hydrogen-bond donors (Lipinski definition) is 1. The summed E-state index contributed by atoms with van der Waals surface area (Å²) in [6.07, 6.45) is 8.04. The van der Waals surface area contributed by atoms with E-state index < -0.39 is 0 Å². The van der Waals surface area contributed by atoms with Crippen molar-refractivity contribution in [2.24, 2.45) is 0 Å². The maximum atomic E-state index is 9.18. The molecule has 1 N–H and O–H groups in total. The van der Waals surface area contributed by atoms with E-state index >= 15 is 0 Å².